The Hall–Kier alpha value is -2.24. The van der Waals surface area contributed by atoms with Gasteiger partial charge in [0.05, 0.1) is 6.61 Å². The number of likely N-dealkylation sites (tertiary alicyclic amines) is 1. The van der Waals surface area contributed by atoms with Crippen molar-refractivity contribution in [1.29, 1.82) is 0 Å². The molecular formula is C29H38N2OSi. The molecule has 0 aliphatic carbocycles. The van der Waals surface area contributed by atoms with E-state index in [9.17, 15) is 0 Å². The van der Waals surface area contributed by atoms with Crippen LogP contribution in [-0.2, 0) is 11.0 Å². The Morgan fingerprint density at radius 1 is 0.848 bits per heavy atom. The number of nitrogens with zero attached hydrogens (tertiary/aromatic N) is 1. The molecule has 0 saturated carbocycles. The molecule has 2 N–H and O–H groups in total. The summed E-state index contributed by atoms with van der Waals surface area (Å²) in [5.74, 6) is 0.529. The van der Waals surface area contributed by atoms with Gasteiger partial charge >= 0.3 is 0 Å². The largest absolute Gasteiger partial charge is 0.406 e. The highest BCUT2D eigenvalue weighted by Crippen LogP contribution is 2.37. The van der Waals surface area contributed by atoms with E-state index >= 15 is 0 Å². The van der Waals surface area contributed by atoms with E-state index in [4.69, 9.17) is 10.2 Å². The fraction of sp³-hybridized carbons (Fsp3) is 0.379. The first-order valence-corrected chi connectivity index (χ1v) is 14.1. The second-order valence-corrected chi connectivity index (χ2v) is 14.7. The molecule has 33 heavy (non-hydrogen) atoms. The summed E-state index contributed by atoms with van der Waals surface area (Å²) >= 11 is 0. The van der Waals surface area contributed by atoms with E-state index in [-0.39, 0.29) is 5.04 Å². The van der Waals surface area contributed by atoms with Crippen LogP contribution in [0.2, 0.25) is 5.04 Å². The van der Waals surface area contributed by atoms with E-state index in [0.717, 1.165) is 32.7 Å². The van der Waals surface area contributed by atoms with Crippen molar-refractivity contribution in [3.05, 3.63) is 96.6 Å². The van der Waals surface area contributed by atoms with Crippen LogP contribution in [0.3, 0.4) is 0 Å². The van der Waals surface area contributed by atoms with Gasteiger partial charge in [-0.1, -0.05) is 112 Å². The maximum atomic E-state index is 7.27. The van der Waals surface area contributed by atoms with Gasteiger partial charge < -0.3 is 10.2 Å². The van der Waals surface area contributed by atoms with Gasteiger partial charge in [-0.05, 0) is 39.9 Å². The number of hydrogen-bond acceptors (Lipinski definition) is 3. The van der Waals surface area contributed by atoms with E-state index < -0.39 is 8.32 Å². The number of benzene rings is 3. The first-order valence-electron chi connectivity index (χ1n) is 12.2. The van der Waals surface area contributed by atoms with Crippen molar-refractivity contribution in [2.75, 3.05) is 19.7 Å². The highest BCUT2D eigenvalue weighted by atomic mass is 28.4. The Balaban J connectivity index is 1.66. The molecule has 174 valence electrons. The van der Waals surface area contributed by atoms with E-state index in [1.165, 1.54) is 15.9 Å². The average Bonchev–Trinajstić information content (AvgIpc) is 3.22. The Morgan fingerprint density at radius 3 is 1.85 bits per heavy atom. The van der Waals surface area contributed by atoms with Crippen LogP contribution in [0.15, 0.2) is 91.0 Å². The second-order valence-electron chi connectivity index (χ2n) is 10.4. The van der Waals surface area contributed by atoms with Crippen LogP contribution in [0, 0.1) is 5.92 Å². The topological polar surface area (TPSA) is 38.5 Å². The van der Waals surface area contributed by atoms with Gasteiger partial charge in [-0.15, -0.1) is 0 Å². The molecule has 0 amide bonds. The zero-order chi connectivity index (χ0) is 23.3. The molecule has 4 heteroatoms. The average molecular weight is 459 g/mol. The molecule has 3 nitrogen and oxygen atoms in total. The molecule has 0 bridgehead atoms. The highest BCUT2D eigenvalue weighted by Gasteiger charge is 2.50. The van der Waals surface area contributed by atoms with Crippen LogP contribution in [0.5, 0.6) is 0 Å². The molecule has 1 saturated heterocycles. The quantitative estimate of drug-likeness (QED) is 0.508. The third-order valence-electron chi connectivity index (χ3n) is 7.09. The lowest BCUT2D eigenvalue weighted by molar-refractivity contribution is 0.160. The van der Waals surface area contributed by atoms with Gasteiger partial charge in [0.15, 0.2) is 0 Å². The lowest BCUT2D eigenvalue weighted by Crippen LogP contribution is -2.67. The smallest absolute Gasteiger partial charge is 0.261 e. The molecule has 1 fully saturated rings. The van der Waals surface area contributed by atoms with Gasteiger partial charge in [-0.25, -0.2) is 0 Å². The van der Waals surface area contributed by atoms with E-state index in [2.05, 4.69) is 117 Å². The van der Waals surface area contributed by atoms with Crippen molar-refractivity contribution in [2.45, 2.75) is 44.8 Å². The molecule has 2 atom stereocenters. The maximum absolute atomic E-state index is 7.27. The Kier molecular flexibility index (Phi) is 7.50. The van der Waals surface area contributed by atoms with Gasteiger partial charge in [-0.3, -0.25) is 4.90 Å². The number of nitrogens with two attached hydrogens (primary N) is 1. The van der Waals surface area contributed by atoms with Crippen molar-refractivity contribution >= 4 is 18.7 Å². The third kappa shape index (κ3) is 5.14. The van der Waals surface area contributed by atoms with Crippen molar-refractivity contribution in [3.63, 3.8) is 0 Å². The normalized spacial score (nSPS) is 19.6. The van der Waals surface area contributed by atoms with Gasteiger partial charge in [0.25, 0.3) is 8.32 Å². The van der Waals surface area contributed by atoms with Gasteiger partial charge in [-0.2, -0.15) is 0 Å². The van der Waals surface area contributed by atoms with Crippen LogP contribution in [0.1, 0.15) is 32.8 Å². The van der Waals surface area contributed by atoms with Crippen LogP contribution in [0.25, 0.3) is 0 Å². The van der Waals surface area contributed by atoms with Gasteiger partial charge in [0.2, 0.25) is 0 Å². The summed E-state index contributed by atoms with van der Waals surface area (Å²) in [7, 11) is -2.53. The minimum absolute atomic E-state index is 0.00810. The minimum Gasteiger partial charge on any atom is -0.406 e. The summed E-state index contributed by atoms with van der Waals surface area (Å²) in [6.45, 7) is 10.5. The third-order valence-corrected chi connectivity index (χ3v) is 12.1. The first-order chi connectivity index (χ1) is 15.9. The fourth-order valence-electron chi connectivity index (χ4n) is 5.43. The molecule has 4 rings (SSSR count). The molecule has 1 aliphatic heterocycles. The zero-order valence-electron chi connectivity index (χ0n) is 20.3. The number of hydrogen-bond donors (Lipinski definition) is 1. The Labute approximate surface area is 200 Å². The highest BCUT2D eigenvalue weighted by molar-refractivity contribution is 6.99. The Bertz CT molecular complexity index is 949. The van der Waals surface area contributed by atoms with E-state index in [1.54, 1.807) is 0 Å². The zero-order valence-corrected chi connectivity index (χ0v) is 21.3. The fourth-order valence-corrected chi connectivity index (χ4v) is 10.0. The minimum atomic E-state index is -2.53. The first kappa shape index (κ1) is 23.9. The SMILES string of the molecule is CC(C)(C)[Si](OC[C@@H]1C[C@@H](CN)CN1Cc1ccccc1)(c1ccccc1)c1ccccc1. The molecule has 0 unspecified atom stereocenters. The lowest BCUT2D eigenvalue weighted by Gasteiger charge is -2.44. The molecular weight excluding hydrogens is 420 g/mol. The van der Waals surface area contributed by atoms with Crippen molar-refractivity contribution in [3.8, 4) is 0 Å². The molecule has 0 spiro atoms. The van der Waals surface area contributed by atoms with Crippen LogP contribution in [0.4, 0.5) is 0 Å². The summed E-state index contributed by atoms with van der Waals surface area (Å²) in [4.78, 5) is 2.59. The summed E-state index contributed by atoms with van der Waals surface area (Å²) < 4.78 is 7.27. The van der Waals surface area contributed by atoms with Gasteiger partial charge in [0, 0.05) is 19.1 Å². The summed E-state index contributed by atoms with van der Waals surface area (Å²) in [6.07, 6.45) is 1.10. The maximum Gasteiger partial charge on any atom is 0.261 e. The lowest BCUT2D eigenvalue weighted by atomic mass is 10.1. The van der Waals surface area contributed by atoms with E-state index in [0.29, 0.717) is 12.0 Å². The van der Waals surface area contributed by atoms with Gasteiger partial charge in [0.1, 0.15) is 0 Å². The molecule has 1 heterocycles. The standard InChI is InChI=1S/C29H38N2OSi/c1-29(2,3)33(27-15-9-5-10-16-27,28-17-11-6-12-18-28)32-23-26-19-25(20-30)22-31(26)21-24-13-7-4-8-14-24/h4-18,25-26H,19-23,30H2,1-3H3/t25-,26-/m0/s1. The molecule has 0 radical (unpaired) electrons. The van der Waals surface area contributed by atoms with E-state index in [1.807, 2.05) is 0 Å². The monoisotopic (exact) mass is 458 g/mol. The van der Waals surface area contributed by atoms with Crippen molar-refractivity contribution in [2.24, 2.45) is 11.7 Å². The molecule has 1 aliphatic rings. The predicted molar refractivity (Wildman–Crippen MR) is 141 cm³/mol. The summed E-state index contributed by atoms with van der Waals surface area (Å²) in [5, 5.41) is 2.67. The summed E-state index contributed by atoms with van der Waals surface area (Å²) in [6, 6.07) is 33.0. The van der Waals surface area contributed by atoms with Crippen LogP contribution >= 0.6 is 0 Å². The molecule has 0 aromatic heterocycles. The predicted octanol–water partition coefficient (Wildman–Crippen LogP) is 4.41. The molecule has 3 aromatic carbocycles. The van der Waals surface area contributed by atoms with Crippen molar-refractivity contribution in [1.82, 2.24) is 4.90 Å². The summed E-state index contributed by atoms with van der Waals surface area (Å²) in [5.41, 5.74) is 7.48. The Morgan fingerprint density at radius 2 is 1.36 bits per heavy atom. The van der Waals surface area contributed by atoms with Crippen LogP contribution < -0.4 is 16.1 Å². The number of rotatable bonds is 8. The van der Waals surface area contributed by atoms with Crippen LogP contribution in [-0.4, -0.2) is 39.0 Å². The molecule has 3 aromatic rings. The van der Waals surface area contributed by atoms with Crippen molar-refractivity contribution < 1.29 is 4.43 Å². The second kappa shape index (κ2) is 10.4.